The summed E-state index contributed by atoms with van der Waals surface area (Å²) in [7, 11) is 0. The molecule has 0 aliphatic heterocycles. The summed E-state index contributed by atoms with van der Waals surface area (Å²) in [4.78, 5) is 9.10. The van der Waals surface area contributed by atoms with Crippen molar-refractivity contribution in [3.63, 3.8) is 0 Å². The van der Waals surface area contributed by atoms with Gasteiger partial charge in [0.25, 0.3) is 0 Å². The molecular weight excluding hydrogens is 360 g/mol. The molecule has 24 heavy (non-hydrogen) atoms. The van der Waals surface area contributed by atoms with Crippen molar-refractivity contribution in [3.05, 3.63) is 71.0 Å². The number of benzene rings is 2. The van der Waals surface area contributed by atoms with Crippen LogP contribution >= 0.6 is 15.9 Å². The molecule has 0 fully saturated rings. The van der Waals surface area contributed by atoms with Crippen LogP contribution in [-0.2, 0) is 6.42 Å². The molecule has 0 unspecified atom stereocenters. The van der Waals surface area contributed by atoms with E-state index in [-0.39, 0.29) is 0 Å². The molecule has 2 aromatic carbocycles. The first-order valence-electron chi connectivity index (χ1n) is 8.44. The van der Waals surface area contributed by atoms with Crippen LogP contribution in [0.5, 0.6) is 0 Å². The monoisotopic (exact) mass is 380 g/mol. The Morgan fingerprint density at radius 1 is 0.875 bits per heavy atom. The largest absolute Gasteiger partial charge is 0.236 e. The maximum absolute atomic E-state index is 4.55. The van der Waals surface area contributed by atoms with Crippen molar-refractivity contribution in [2.75, 3.05) is 0 Å². The molecule has 1 aromatic heterocycles. The van der Waals surface area contributed by atoms with E-state index >= 15 is 0 Å². The predicted octanol–water partition coefficient (Wildman–Crippen LogP) is 6.31. The Morgan fingerprint density at radius 3 is 2.29 bits per heavy atom. The van der Waals surface area contributed by atoms with Gasteiger partial charge in [0, 0.05) is 28.0 Å². The third-order valence-electron chi connectivity index (χ3n) is 4.10. The Labute approximate surface area is 152 Å². The highest BCUT2D eigenvalue weighted by Gasteiger charge is 2.08. The summed E-state index contributed by atoms with van der Waals surface area (Å²) in [5.41, 5.74) is 4.56. The molecule has 2 nitrogen and oxygen atoms in total. The van der Waals surface area contributed by atoms with Crippen LogP contribution in [0.1, 0.15) is 31.7 Å². The first-order valence-corrected chi connectivity index (χ1v) is 9.23. The lowest BCUT2D eigenvalue weighted by Gasteiger charge is -2.07. The van der Waals surface area contributed by atoms with E-state index in [1.54, 1.807) is 0 Å². The molecule has 0 aliphatic carbocycles. The number of halogens is 1. The smallest absolute Gasteiger partial charge is 0.160 e. The van der Waals surface area contributed by atoms with E-state index in [1.807, 2.05) is 30.6 Å². The van der Waals surface area contributed by atoms with Gasteiger partial charge in [0.2, 0.25) is 0 Å². The van der Waals surface area contributed by atoms with Crippen molar-refractivity contribution in [1.29, 1.82) is 0 Å². The summed E-state index contributed by atoms with van der Waals surface area (Å²) in [6.07, 6.45) is 8.67. The summed E-state index contributed by atoms with van der Waals surface area (Å²) in [6, 6.07) is 16.7. The quantitative estimate of drug-likeness (QED) is 0.468. The fourth-order valence-corrected chi connectivity index (χ4v) is 3.32. The van der Waals surface area contributed by atoms with Gasteiger partial charge in [0.05, 0.1) is 0 Å². The molecule has 0 bridgehead atoms. The van der Waals surface area contributed by atoms with E-state index in [2.05, 4.69) is 63.2 Å². The van der Waals surface area contributed by atoms with E-state index < -0.39 is 0 Å². The van der Waals surface area contributed by atoms with E-state index in [9.17, 15) is 0 Å². The van der Waals surface area contributed by atoms with Crippen LogP contribution in [0.15, 0.2) is 65.4 Å². The highest BCUT2D eigenvalue weighted by molar-refractivity contribution is 9.10. The zero-order valence-corrected chi connectivity index (χ0v) is 15.5. The highest BCUT2D eigenvalue weighted by atomic mass is 79.9. The first kappa shape index (κ1) is 16.8. The van der Waals surface area contributed by atoms with Crippen molar-refractivity contribution in [1.82, 2.24) is 9.97 Å². The van der Waals surface area contributed by atoms with E-state index in [0.717, 1.165) is 33.4 Å². The lowest BCUT2D eigenvalue weighted by molar-refractivity contribution is 0.717. The van der Waals surface area contributed by atoms with Crippen molar-refractivity contribution < 1.29 is 0 Å². The van der Waals surface area contributed by atoms with Gasteiger partial charge in [-0.2, -0.15) is 0 Å². The van der Waals surface area contributed by atoms with Gasteiger partial charge in [-0.15, -0.1) is 0 Å². The lowest BCUT2D eigenvalue weighted by Crippen LogP contribution is -1.92. The molecule has 0 aliphatic rings. The first-order chi connectivity index (χ1) is 11.8. The van der Waals surface area contributed by atoms with Crippen LogP contribution in [0.25, 0.3) is 22.5 Å². The van der Waals surface area contributed by atoms with Crippen LogP contribution in [0, 0.1) is 0 Å². The number of aryl methyl sites for hydroxylation is 1. The molecule has 0 N–H and O–H groups in total. The lowest BCUT2D eigenvalue weighted by atomic mass is 10.0. The van der Waals surface area contributed by atoms with Crippen molar-refractivity contribution in [2.45, 2.75) is 32.6 Å². The van der Waals surface area contributed by atoms with Gasteiger partial charge < -0.3 is 0 Å². The van der Waals surface area contributed by atoms with Crippen molar-refractivity contribution >= 4 is 15.9 Å². The zero-order chi connectivity index (χ0) is 16.8. The number of nitrogens with zero attached hydrogens (tertiary/aromatic N) is 2. The summed E-state index contributed by atoms with van der Waals surface area (Å²) in [5.74, 6) is 0.752. The van der Waals surface area contributed by atoms with Crippen LogP contribution in [0.4, 0.5) is 0 Å². The summed E-state index contributed by atoms with van der Waals surface area (Å²) >= 11 is 3.68. The second-order valence-corrected chi connectivity index (χ2v) is 6.79. The maximum atomic E-state index is 4.55. The number of aromatic nitrogens is 2. The molecule has 0 atom stereocenters. The van der Waals surface area contributed by atoms with Gasteiger partial charge >= 0.3 is 0 Å². The molecule has 0 spiro atoms. The van der Waals surface area contributed by atoms with Crippen LogP contribution in [0.2, 0.25) is 0 Å². The molecule has 3 heteroatoms. The fraction of sp³-hybridized carbons (Fsp3) is 0.238. The number of hydrogen-bond donors (Lipinski definition) is 0. The SMILES string of the molecule is CCCCCc1ccc(-c2ncc(-c3ccccc3)cn2)c(Br)c1. The Kier molecular flexibility index (Phi) is 5.76. The van der Waals surface area contributed by atoms with Gasteiger partial charge in [-0.1, -0.05) is 72.1 Å². The predicted molar refractivity (Wildman–Crippen MR) is 104 cm³/mol. The average Bonchev–Trinajstić information content (AvgIpc) is 2.63. The van der Waals surface area contributed by atoms with Gasteiger partial charge in [0.15, 0.2) is 5.82 Å². The van der Waals surface area contributed by atoms with Gasteiger partial charge in [-0.05, 0) is 36.1 Å². The minimum atomic E-state index is 0.752. The van der Waals surface area contributed by atoms with Crippen LogP contribution in [-0.4, -0.2) is 9.97 Å². The van der Waals surface area contributed by atoms with E-state index in [0.29, 0.717) is 0 Å². The topological polar surface area (TPSA) is 25.8 Å². The van der Waals surface area contributed by atoms with Crippen LogP contribution in [0.3, 0.4) is 0 Å². The fourth-order valence-electron chi connectivity index (χ4n) is 2.72. The molecule has 0 saturated heterocycles. The second-order valence-electron chi connectivity index (χ2n) is 5.93. The Hall–Kier alpha value is -2.00. The molecule has 0 saturated carbocycles. The zero-order valence-electron chi connectivity index (χ0n) is 13.9. The molecule has 0 radical (unpaired) electrons. The standard InChI is InChI=1S/C21H21BrN2/c1-2-3-5-8-16-11-12-19(20(22)13-16)21-23-14-18(15-24-21)17-9-6-4-7-10-17/h4,6-7,9-15H,2-3,5,8H2,1H3. The Morgan fingerprint density at radius 2 is 1.62 bits per heavy atom. The highest BCUT2D eigenvalue weighted by Crippen LogP contribution is 2.28. The average molecular weight is 381 g/mol. The minimum Gasteiger partial charge on any atom is -0.236 e. The maximum Gasteiger partial charge on any atom is 0.160 e. The minimum absolute atomic E-state index is 0.752. The molecular formula is C21H21BrN2. The second kappa shape index (κ2) is 8.20. The Bertz CT molecular complexity index is 783. The van der Waals surface area contributed by atoms with Crippen molar-refractivity contribution in [3.8, 4) is 22.5 Å². The van der Waals surface area contributed by atoms with Gasteiger partial charge in [-0.3, -0.25) is 0 Å². The molecule has 0 amide bonds. The molecule has 1 heterocycles. The van der Waals surface area contributed by atoms with E-state index in [1.165, 1.54) is 24.8 Å². The summed E-state index contributed by atoms with van der Waals surface area (Å²) < 4.78 is 1.06. The Balaban J connectivity index is 1.79. The number of unbranched alkanes of at least 4 members (excludes halogenated alkanes) is 2. The number of hydrogen-bond acceptors (Lipinski definition) is 2. The van der Waals surface area contributed by atoms with Crippen molar-refractivity contribution in [2.24, 2.45) is 0 Å². The third-order valence-corrected chi connectivity index (χ3v) is 4.76. The van der Waals surface area contributed by atoms with Gasteiger partial charge in [-0.25, -0.2) is 9.97 Å². The van der Waals surface area contributed by atoms with E-state index in [4.69, 9.17) is 0 Å². The molecule has 3 aromatic rings. The normalized spacial score (nSPS) is 10.8. The molecule has 122 valence electrons. The van der Waals surface area contributed by atoms with Gasteiger partial charge in [0.1, 0.15) is 0 Å². The summed E-state index contributed by atoms with van der Waals surface area (Å²) in [5, 5.41) is 0. The molecule has 3 rings (SSSR count). The number of rotatable bonds is 6. The van der Waals surface area contributed by atoms with Crippen LogP contribution < -0.4 is 0 Å². The summed E-state index contributed by atoms with van der Waals surface area (Å²) in [6.45, 7) is 2.23. The third kappa shape index (κ3) is 4.09.